The minimum atomic E-state index is -0.0472. The van der Waals surface area contributed by atoms with Crippen molar-refractivity contribution in [1.29, 1.82) is 0 Å². The predicted octanol–water partition coefficient (Wildman–Crippen LogP) is 2.94. The number of nitrogens with one attached hydrogen (secondary N) is 1. The molecule has 1 atom stereocenters. The molecule has 3 fully saturated rings. The number of aromatic amines is 1. The molecule has 0 aromatic carbocycles. The first kappa shape index (κ1) is 21.1. The van der Waals surface area contributed by atoms with Crippen molar-refractivity contribution in [2.75, 3.05) is 26.3 Å². The summed E-state index contributed by atoms with van der Waals surface area (Å²) in [6.07, 6.45) is 11.8. The summed E-state index contributed by atoms with van der Waals surface area (Å²) >= 11 is 0. The van der Waals surface area contributed by atoms with Gasteiger partial charge in [0.25, 0.3) is 5.56 Å². The molecule has 7 heteroatoms. The van der Waals surface area contributed by atoms with Crippen LogP contribution < -0.4 is 5.56 Å². The van der Waals surface area contributed by atoms with E-state index in [2.05, 4.69) is 9.88 Å². The standard InChI is InChI=1S/C24H36N4O3/c29-22(15-17-5-2-1-3-6-17)27-12-8-20-19(16-27)24(30)26-23(25-20)21-7-4-11-28(21)18-9-13-31-14-10-18/h17-18,21H,1-16H2,(H,25,26,30). The van der Waals surface area contributed by atoms with E-state index in [4.69, 9.17) is 9.72 Å². The van der Waals surface area contributed by atoms with E-state index in [1.165, 1.54) is 32.1 Å². The second kappa shape index (κ2) is 9.41. The summed E-state index contributed by atoms with van der Waals surface area (Å²) in [5.41, 5.74) is 1.55. The van der Waals surface area contributed by atoms with Gasteiger partial charge in [-0.3, -0.25) is 14.5 Å². The molecule has 1 aliphatic carbocycles. The molecule has 4 heterocycles. The maximum Gasteiger partial charge on any atom is 0.256 e. The van der Waals surface area contributed by atoms with Crippen LogP contribution in [0.1, 0.15) is 87.3 Å². The molecule has 3 aliphatic heterocycles. The minimum absolute atomic E-state index is 0.0472. The molecule has 0 radical (unpaired) electrons. The van der Waals surface area contributed by atoms with Crippen LogP contribution in [0.3, 0.4) is 0 Å². The number of rotatable bonds is 4. The van der Waals surface area contributed by atoms with Gasteiger partial charge in [-0.2, -0.15) is 0 Å². The van der Waals surface area contributed by atoms with Crippen LogP contribution in [0.15, 0.2) is 4.79 Å². The average molecular weight is 429 g/mol. The van der Waals surface area contributed by atoms with Gasteiger partial charge in [-0.25, -0.2) is 4.98 Å². The summed E-state index contributed by atoms with van der Waals surface area (Å²) in [5.74, 6) is 1.57. The number of hydrogen-bond donors (Lipinski definition) is 1. The van der Waals surface area contributed by atoms with Crippen LogP contribution >= 0.6 is 0 Å². The summed E-state index contributed by atoms with van der Waals surface area (Å²) in [6, 6.07) is 0.725. The van der Waals surface area contributed by atoms with E-state index in [-0.39, 0.29) is 17.5 Å². The second-order valence-electron chi connectivity index (χ2n) is 9.89. The molecule has 2 saturated heterocycles. The fourth-order valence-electron chi connectivity index (χ4n) is 6.12. The van der Waals surface area contributed by atoms with Crippen LogP contribution in [0.5, 0.6) is 0 Å². The SMILES string of the molecule is O=C(CC1CCCCC1)N1CCc2nc(C3CCCN3C3CCOCC3)[nH]c(=O)c2C1. The molecule has 0 spiro atoms. The van der Waals surface area contributed by atoms with Crippen LogP contribution in [0.4, 0.5) is 0 Å². The Hall–Kier alpha value is -1.73. The summed E-state index contributed by atoms with van der Waals surface area (Å²) < 4.78 is 5.54. The van der Waals surface area contributed by atoms with E-state index >= 15 is 0 Å². The van der Waals surface area contributed by atoms with E-state index in [1.807, 2.05) is 4.90 Å². The van der Waals surface area contributed by atoms with Crippen LogP contribution in [0, 0.1) is 5.92 Å². The fourth-order valence-corrected chi connectivity index (χ4v) is 6.12. The van der Waals surface area contributed by atoms with Crippen molar-refractivity contribution in [3.63, 3.8) is 0 Å². The van der Waals surface area contributed by atoms with Crippen molar-refractivity contribution in [3.05, 3.63) is 27.4 Å². The number of aromatic nitrogens is 2. The first-order valence-corrected chi connectivity index (χ1v) is 12.4. The van der Waals surface area contributed by atoms with E-state index in [0.29, 0.717) is 43.5 Å². The zero-order valence-corrected chi connectivity index (χ0v) is 18.6. The van der Waals surface area contributed by atoms with Gasteiger partial charge in [0.1, 0.15) is 5.82 Å². The molecule has 7 nitrogen and oxygen atoms in total. The van der Waals surface area contributed by atoms with Gasteiger partial charge in [-0.15, -0.1) is 0 Å². The Bertz CT molecular complexity index is 842. The lowest BCUT2D eigenvalue weighted by molar-refractivity contribution is -0.133. The Labute approximate surface area is 184 Å². The van der Waals surface area contributed by atoms with E-state index in [0.717, 1.165) is 57.0 Å². The van der Waals surface area contributed by atoms with E-state index < -0.39 is 0 Å². The zero-order chi connectivity index (χ0) is 21.2. The van der Waals surface area contributed by atoms with Gasteiger partial charge in [-0.05, 0) is 51.0 Å². The Balaban J connectivity index is 1.28. The average Bonchev–Trinajstić information content (AvgIpc) is 3.30. The minimum Gasteiger partial charge on any atom is -0.381 e. The number of amides is 1. The number of H-pyrrole nitrogens is 1. The molecule has 1 N–H and O–H groups in total. The van der Waals surface area contributed by atoms with Gasteiger partial charge in [0.05, 0.1) is 23.8 Å². The van der Waals surface area contributed by atoms with Gasteiger partial charge in [-0.1, -0.05) is 19.3 Å². The molecule has 1 aromatic rings. The predicted molar refractivity (Wildman–Crippen MR) is 118 cm³/mol. The lowest BCUT2D eigenvalue weighted by Crippen LogP contribution is -2.42. The third kappa shape index (κ3) is 4.58. The van der Waals surface area contributed by atoms with Crippen molar-refractivity contribution >= 4 is 5.91 Å². The molecular weight excluding hydrogens is 392 g/mol. The summed E-state index contributed by atoms with van der Waals surface area (Å²) in [4.78, 5) is 38.3. The zero-order valence-electron chi connectivity index (χ0n) is 18.6. The molecule has 1 saturated carbocycles. The number of hydrogen-bond acceptors (Lipinski definition) is 5. The number of carbonyl (C=O) groups excluding carboxylic acids is 1. The first-order chi connectivity index (χ1) is 15.2. The largest absolute Gasteiger partial charge is 0.381 e. The highest BCUT2D eigenvalue weighted by molar-refractivity contribution is 5.76. The maximum atomic E-state index is 13.0. The van der Waals surface area contributed by atoms with Crippen molar-refractivity contribution in [2.45, 2.75) is 89.3 Å². The lowest BCUT2D eigenvalue weighted by Gasteiger charge is -2.35. The lowest BCUT2D eigenvalue weighted by atomic mass is 9.86. The summed E-state index contributed by atoms with van der Waals surface area (Å²) in [6.45, 7) is 3.82. The third-order valence-electron chi connectivity index (χ3n) is 7.90. The van der Waals surface area contributed by atoms with Crippen molar-refractivity contribution in [2.24, 2.45) is 5.92 Å². The highest BCUT2D eigenvalue weighted by Gasteiger charge is 2.35. The Morgan fingerprint density at radius 1 is 1.03 bits per heavy atom. The molecular formula is C24H36N4O3. The number of nitrogens with zero attached hydrogens (tertiary/aromatic N) is 3. The van der Waals surface area contributed by atoms with Gasteiger partial charge < -0.3 is 14.6 Å². The molecule has 5 rings (SSSR count). The molecule has 1 amide bonds. The van der Waals surface area contributed by atoms with Crippen molar-refractivity contribution in [3.8, 4) is 0 Å². The van der Waals surface area contributed by atoms with Crippen molar-refractivity contribution < 1.29 is 9.53 Å². The Kier molecular flexibility index (Phi) is 6.41. The van der Waals surface area contributed by atoms with Gasteiger partial charge >= 0.3 is 0 Å². The van der Waals surface area contributed by atoms with Crippen LogP contribution in [0.25, 0.3) is 0 Å². The van der Waals surface area contributed by atoms with Crippen LogP contribution in [-0.2, 0) is 22.5 Å². The number of carbonyl (C=O) groups is 1. The van der Waals surface area contributed by atoms with Gasteiger partial charge in [0, 0.05) is 38.6 Å². The van der Waals surface area contributed by atoms with Crippen LogP contribution in [0.2, 0.25) is 0 Å². The Morgan fingerprint density at radius 2 is 1.84 bits per heavy atom. The first-order valence-electron chi connectivity index (χ1n) is 12.4. The quantitative estimate of drug-likeness (QED) is 0.798. The number of fused-ring (bicyclic) bond motifs is 1. The summed E-state index contributed by atoms with van der Waals surface area (Å²) in [7, 11) is 0. The van der Waals surface area contributed by atoms with E-state index in [1.54, 1.807) is 0 Å². The molecule has 31 heavy (non-hydrogen) atoms. The molecule has 1 aromatic heterocycles. The smallest absolute Gasteiger partial charge is 0.256 e. The third-order valence-corrected chi connectivity index (χ3v) is 7.90. The Morgan fingerprint density at radius 3 is 2.65 bits per heavy atom. The monoisotopic (exact) mass is 428 g/mol. The molecule has 1 unspecified atom stereocenters. The number of ether oxygens (including phenoxy) is 1. The highest BCUT2D eigenvalue weighted by atomic mass is 16.5. The number of likely N-dealkylation sites (tertiary alicyclic amines) is 1. The summed E-state index contributed by atoms with van der Waals surface area (Å²) in [5, 5.41) is 0. The molecule has 0 bridgehead atoms. The van der Waals surface area contributed by atoms with Gasteiger partial charge in [0.2, 0.25) is 5.91 Å². The van der Waals surface area contributed by atoms with Crippen LogP contribution in [-0.4, -0.2) is 58.0 Å². The second-order valence-corrected chi connectivity index (χ2v) is 9.89. The van der Waals surface area contributed by atoms with Crippen molar-refractivity contribution in [1.82, 2.24) is 19.8 Å². The van der Waals surface area contributed by atoms with Gasteiger partial charge in [0.15, 0.2) is 0 Å². The normalized spacial score (nSPS) is 26.2. The maximum absolute atomic E-state index is 13.0. The fraction of sp³-hybridized carbons (Fsp3) is 0.792. The topological polar surface area (TPSA) is 78.5 Å². The molecule has 4 aliphatic rings. The molecule has 170 valence electrons. The van der Waals surface area contributed by atoms with E-state index in [9.17, 15) is 9.59 Å². The highest BCUT2D eigenvalue weighted by Crippen LogP contribution is 2.34.